The van der Waals surface area contributed by atoms with E-state index in [1.807, 2.05) is 6.92 Å². The summed E-state index contributed by atoms with van der Waals surface area (Å²) in [4.78, 5) is 14.2. The molecule has 0 aromatic carbocycles. The number of nitro groups is 1. The summed E-state index contributed by atoms with van der Waals surface area (Å²) in [7, 11) is 0. The van der Waals surface area contributed by atoms with E-state index < -0.39 is 4.92 Å². The fraction of sp³-hybridized carbons (Fsp3) is 0.333. The molecule has 0 saturated heterocycles. The van der Waals surface area contributed by atoms with Gasteiger partial charge in [-0.1, -0.05) is 5.21 Å². The van der Waals surface area contributed by atoms with Gasteiger partial charge in [-0.05, 0) is 19.9 Å². The molecule has 0 fully saturated rings. The number of nitrogens with one attached hydrogen (secondary N) is 2. The van der Waals surface area contributed by atoms with E-state index in [0.717, 1.165) is 0 Å². The smallest absolute Gasteiger partial charge is 0.290 e. The number of rotatable bonds is 4. The van der Waals surface area contributed by atoms with E-state index in [-0.39, 0.29) is 11.7 Å². The predicted octanol–water partition coefficient (Wildman–Crippen LogP) is 0.984. The van der Waals surface area contributed by atoms with Crippen LogP contribution in [0.2, 0.25) is 0 Å². The van der Waals surface area contributed by atoms with Gasteiger partial charge in [-0.15, -0.1) is 10.2 Å². The summed E-state index contributed by atoms with van der Waals surface area (Å²) in [5, 5.41) is 27.2. The van der Waals surface area contributed by atoms with Crippen LogP contribution in [0.15, 0.2) is 12.3 Å². The van der Waals surface area contributed by atoms with Crippen LogP contribution in [0.5, 0.6) is 0 Å². The highest BCUT2D eigenvalue weighted by Crippen LogP contribution is 2.21. The summed E-state index contributed by atoms with van der Waals surface area (Å²) >= 11 is 0. The molecule has 2 rings (SSSR count). The van der Waals surface area contributed by atoms with E-state index >= 15 is 0 Å². The van der Waals surface area contributed by atoms with Crippen molar-refractivity contribution in [2.75, 3.05) is 5.32 Å². The average Bonchev–Trinajstić information content (AvgIpc) is 2.81. The molecule has 94 valence electrons. The minimum atomic E-state index is -0.464. The first-order valence-electron chi connectivity index (χ1n) is 5.19. The van der Waals surface area contributed by atoms with Crippen molar-refractivity contribution in [1.29, 1.82) is 0 Å². The van der Waals surface area contributed by atoms with Crippen LogP contribution >= 0.6 is 0 Å². The largest absolute Gasteiger partial charge is 0.360 e. The van der Waals surface area contributed by atoms with Crippen LogP contribution in [0.3, 0.4) is 0 Å². The summed E-state index contributed by atoms with van der Waals surface area (Å²) in [6.07, 6.45) is 1.22. The lowest BCUT2D eigenvalue weighted by molar-refractivity contribution is -0.385. The Morgan fingerprint density at radius 3 is 2.89 bits per heavy atom. The molecule has 1 atom stereocenters. The Kier molecular flexibility index (Phi) is 3.13. The maximum atomic E-state index is 10.7. The van der Waals surface area contributed by atoms with Crippen molar-refractivity contribution in [2.45, 2.75) is 19.9 Å². The standard InChI is InChI=1S/C9H11N7O2/c1-5-3-8(10-4-7(5)16(17)18)11-6(2)9-12-14-15-13-9/h3-4,6H,1-2H3,(H,10,11)(H,12,13,14,15). The van der Waals surface area contributed by atoms with Gasteiger partial charge in [0.05, 0.1) is 11.0 Å². The fourth-order valence-corrected chi connectivity index (χ4v) is 1.46. The fourth-order valence-electron chi connectivity index (χ4n) is 1.46. The van der Waals surface area contributed by atoms with Gasteiger partial charge < -0.3 is 5.32 Å². The summed E-state index contributed by atoms with van der Waals surface area (Å²) in [6, 6.07) is 1.41. The number of aryl methyl sites for hydroxylation is 1. The zero-order chi connectivity index (χ0) is 13.1. The predicted molar refractivity (Wildman–Crippen MR) is 61.8 cm³/mol. The molecular formula is C9H11N7O2. The second kappa shape index (κ2) is 4.73. The van der Waals surface area contributed by atoms with Gasteiger partial charge in [-0.2, -0.15) is 5.21 Å². The van der Waals surface area contributed by atoms with Crippen LogP contribution in [-0.4, -0.2) is 30.5 Å². The van der Waals surface area contributed by atoms with Gasteiger partial charge >= 0.3 is 0 Å². The molecule has 0 saturated carbocycles. The maximum absolute atomic E-state index is 10.7. The van der Waals surface area contributed by atoms with E-state index in [1.165, 1.54) is 6.20 Å². The Morgan fingerprint density at radius 1 is 1.56 bits per heavy atom. The van der Waals surface area contributed by atoms with Crippen LogP contribution in [0.25, 0.3) is 0 Å². The quantitative estimate of drug-likeness (QED) is 0.611. The van der Waals surface area contributed by atoms with Gasteiger partial charge in [0.2, 0.25) is 0 Å². The minimum absolute atomic E-state index is 0.00670. The van der Waals surface area contributed by atoms with Crippen LogP contribution in [0.4, 0.5) is 11.5 Å². The first kappa shape index (κ1) is 11.9. The van der Waals surface area contributed by atoms with Gasteiger partial charge in [0.1, 0.15) is 12.0 Å². The summed E-state index contributed by atoms with van der Waals surface area (Å²) in [6.45, 7) is 3.49. The lowest BCUT2D eigenvalue weighted by Crippen LogP contribution is -2.10. The molecular weight excluding hydrogens is 238 g/mol. The molecule has 9 heteroatoms. The third-order valence-electron chi connectivity index (χ3n) is 2.39. The Balaban J connectivity index is 2.15. The van der Waals surface area contributed by atoms with Crippen LogP contribution < -0.4 is 5.32 Å². The SMILES string of the molecule is Cc1cc(NC(C)c2nn[nH]n2)ncc1[N+](=O)[O-]. The highest BCUT2D eigenvalue weighted by atomic mass is 16.6. The third-order valence-corrected chi connectivity index (χ3v) is 2.39. The number of hydrogen-bond acceptors (Lipinski definition) is 7. The first-order chi connectivity index (χ1) is 8.58. The van der Waals surface area contributed by atoms with E-state index in [9.17, 15) is 10.1 Å². The zero-order valence-electron chi connectivity index (χ0n) is 9.78. The number of anilines is 1. The van der Waals surface area contributed by atoms with Crippen molar-refractivity contribution in [3.63, 3.8) is 0 Å². The van der Waals surface area contributed by atoms with Crippen molar-refractivity contribution < 1.29 is 4.92 Å². The molecule has 0 bridgehead atoms. The molecule has 1 unspecified atom stereocenters. The molecule has 2 aromatic rings. The number of hydrogen-bond donors (Lipinski definition) is 2. The average molecular weight is 249 g/mol. The van der Waals surface area contributed by atoms with Crippen LogP contribution in [-0.2, 0) is 0 Å². The molecule has 0 aliphatic carbocycles. The Morgan fingerprint density at radius 2 is 2.33 bits per heavy atom. The molecule has 0 amide bonds. The van der Waals surface area contributed by atoms with Gasteiger partial charge in [-0.3, -0.25) is 10.1 Å². The lowest BCUT2D eigenvalue weighted by Gasteiger charge is -2.10. The molecule has 18 heavy (non-hydrogen) atoms. The number of aromatic amines is 1. The Hall–Kier alpha value is -2.58. The topological polar surface area (TPSA) is 123 Å². The molecule has 0 aliphatic rings. The van der Waals surface area contributed by atoms with Gasteiger partial charge in [0, 0.05) is 5.56 Å². The number of aromatic nitrogens is 5. The Labute approximate surface area is 102 Å². The van der Waals surface area contributed by atoms with Gasteiger partial charge in [0.15, 0.2) is 5.82 Å². The van der Waals surface area contributed by atoms with Crippen LogP contribution in [0, 0.1) is 17.0 Å². The summed E-state index contributed by atoms with van der Waals surface area (Å²) in [5.41, 5.74) is 0.533. The van der Waals surface area contributed by atoms with Crippen molar-refractivity contribution in [1.82, 2.24) is 25.6 Å². The molecule has 2 N–H and O–H groups in total. The van der Waals surface area contributed by atoms with Crippen molar-refractivity contribution in [3.8, 4) is 0 Å². The normalized spacial score (nSPS) is 12.1. The van der Waals surface area contributed by atoms with Crippen molar-refractivity contribution in [2.24, 2.45) is 0 Å². The zero-order valence-corrected chi connectivity index (χ0v) is 9.78. The molecule has 2 aromatic heterocycles. The molecule has 2 heterocycles. The molecule has 0 aliphatic heterocycles. The van der Waals surface area contributed by atoms with E-state index in [0.29, 0.717) is 17.2 Å². The molecule has 0 radical (unpaired) electrons. The minimum Gasteiger partial charge on any atom is -0.360 e. The Bertz CT molecular complexity index is 554. The number of H-pyrrole nitrogens is 1. The van der Waals surface area contributed by atoms with Crippen molar-refractivity contribution >= 4 is 11.5 Å². The summed E-state index contributed by atoms with van der Waals surface area (Å²) < 4.78 is 0. The number of pyridine rings is 1. The van der Waals surface area contributed by atoms with E-state index in [4.69, 9.17) is 0 Å². The molecule has 9 nitrogen and oxygen atoms in total. The monoisotopic (exact) mass is 249 g/mol. The first-order valence-corrected chi connectivity index (χ1v) is 5.19. The number of nitrogens with zero attached hydrogens (tertiary/aromatic N) is 5. The second-order valence-electron chi connectivity index (χ2n) is 3.75. The van der Waals surface area contributed by atoms with E-state index in [1.54, 1.807) is 13.0 Å². The van der Waals surface area contributed by atoms with Crippen molar-refractivity contribution in [3.05, 3.63) is 33.8 Å². The lowest BCUT2D eigenvalue weighted by atomic mass is 10.2. The third kappa shape index (κ3) is 2.39. The highest BCUT2D eigenvalue weighted by molar-refractivity contribution is 5.47. The van der Waals surface area contributed by atoms with Crippen LogP contribution in [0.1, 0.15) is 24.4 Å². The van der Waals surface area contributed by atoms with E-state index in [2.05, 4.69) is 30.9 Å². The maximum Gasteiger partial charge on any atom is 0.290 e. The summed E-state index contributed by atoms with van der Waals surface area (Å²) in [5.74, 6) is 1.02. The second-order valence-corrected chi connectivity index (χ2v) is 3.75. The highest BCUT2D eigenvalue weighted by Gasteiger charge is 2.14. The van der Waals surface area contributed by atoms with Gasteiger partial charge in [0.25, 0.3) is 5.69 Å². The number of tetrazole rings is 1. The molecule has 0 spiro atoms. The van der Waals surface area contributed by atoms with Gasteiger partial charge in [-0.25, -0.2) is 4.98 Å².